The number of anilines is 1. The summed E-state index contributed by atoms with van der Waals surface area (Å²) in [6, 6.07) is 6.74. The van der Waals surface area contributed by atoms with Crippen molar-refractivity contribution in [2.75, 3.05) is 32.6 Å². The minimum atomic E-state index is 0.184. The lowest BCUT2D eigenvalue weighted by Crippen LogP contribution is -2.20. The molecule has 0 aromatic heterocycles. The van der Waals surface area contributed by atoms with Gasteiger partial charge in [0.2, 0.25) is 5.91 Å². The Bertz CT molecular complexity index is 459. The van der Waals surface area contributed by atoms with Gasteiger partial charge in [0, 0.05) is 18.8 Å². The van der Waals surface area contributed by atoms with E-state index in [0.717, 1.165) is 30.6 Å². The van der Waals surface area contributed by atoms with Gasteiger partial charge in [0.1, 0.15) is 0 Å². The Hall–Kier alpha value is -1.39. The van der Waals surface area contributed by atoms with Gasteiger partial charge in [-0.3, -0.25) is 4.79 Å². The molecule has 1 heterocycles. The Morgan fingerprint density at radius 2 is 2.16 bits per heavy atom. The minimum Gasteiger partial charge on any atom is -0.320 e. The van der Waals surface area contributed by atoms with Crippen molar-refractivity contribution >= 4 is 11.6 Å². The Morgan fingerprint density at radius 3 is 2.84 bits per heavy atom. The van der Waals surface area contributed by atoms with Crippen molar-refractivity contribution in [3.8, 4) is 0 Å². The summed E-state index contributed by atoms with van der Waals surface area (Å²) in [7, 11) is 5.82. The number of amides is 1. The lowest BCUT2D eigenvalue weighted by Gasteiger charge is -2.18. The molecule has 1 aromatic rings. The average molecular weight is 261 g/mol. The SMILES string of the molecule is CNCCCC(NC)c1ccc2c(c1)CC(=O)N2C. The van der Waals surface area contributed by atoms with Crippen LogP contribution in [-0.4, -0.2) is 33.6 Å². The first kappa shape index (κ1) is 14.0. The number of fused-ring (bicyclic) bond motifs is 1. The van der Waals surface area contributed by atoms with Gasteiger partial charge in [-0.25, -0.2) is 0 Å². The van der Waals surface area contributed by atoms with Gasteiger partial charge >= 0.3 is 0 Å². The quantitative estimate of drug-likeness (QED) is 0.762. The van der Waals surface area contributed by atoms with Crippen LogP contribution in [0.25, 0.3) is 0 Å². The molecule has 4 nitrogen and oxygen atoms in total. The standard InChI is InChI=1S/C15H23N3O/c1-16-8-4-5-13(17-2)11-6-7-14-12(9-11)10-15(19)18(14)3/h6-7,9,13,16-17H,4-5,8,10H2,1-3H3. The van der Waals surface area contributed by atoms with Gasteiger partial charge in [-0.1, -0.05) is 12.1 Å². The number of carbonyl (C=O) groups excluding carboxylic acids is 1. The van der Waals surface area contributed by atoms with Crippen molar-refractivity contribution in [1.82, 2.24) is 10.6 Å². The fraction of sp³-hybridized carbons (Fsp3) is 0.533. The molecule has 0 saturated carbocycles. The molecule has 1 unspecified atom stereocenters. The third kappa shape index (κ3) is 2.96. The van der Waals surface area contributed by atoms with E-state index in [2.05, 4.69) is 28.8 Å². The van der Waals surface area contributed by atoms with Gasteiger partial charge in [0.15, 0.2) is 0 Å². The third-order valence-corrected chi connectivity index (χ3v) is 3.85. The van der Waals surface area contributed by atoms with Gasteiger partial charge in [-0.15, -0.1) is 0 Å². The van der Waals surface area contributed by atoms with Crippen LogP contribution in [0.5, 0.6) is 0 Å². The van der Waals surface area contributed by atoms with Crippen LogP contribution in [-0.2, 0) is 11.2 Å². The lowest BCUT2D eigenvalue weighted by molar-refractivity contribution is -0.117. The van der Waals surface area contributed by atoms with Crippen molar-refractivity contribution in [3.63, 3.8) is 0 Å². The molecule has 1 aromatic carbocycles. The number of rotatable bonds is 6. The number of nitrogens with one attached hydrogen (secondary N) is 2. The van der Waals surface area contributed by atoms with Crippen LogP contribution in [0.4, 0.5) is 5.69 Å². The van der Waals surface area contributed by atoms with E-state index < -0.39 is 0 Å². The van der Waals surface area contributed by atoms with Crippen molar-refractivity contribution in [2.45, 2.75) is 25.3 Å². The van der Waals surface area contributed by atoms with Gasteiger partial charge in [-0.05, 0) is 50.7 Å². The molecule has 0 saturated heterocycles. The maximum Gasteiger partial charge on any atom is 0.231 e. The second kappa shape index (κ2) is 6.17. The van der Waals surface area contributed by atoms with Crippen LogP contribution < -0.4 is 15.5 Å². The molecular weight excluding hydrogens is 238 g/mol. The molecule has 0 aliphatic carbocycles. The Balaban J connectivity index is 2.13. The van der Waals surface area contributed by atoms with Gasteiger partial charge in [0.25, 0.3) is 0 Å². The second-order valence-electron chi connectivity index (χ2n) is 5.10. The molecule has 2 rings (SSSR count). The van der Waals surface area contributed by atoms with Crippen LogP contribution in [0.3, 0.4) is 0 Å². The molecule has 1 amide bonds. The van der Waals surface area contributed by atoms with E-state index in [1.165, 1.54) is 5.56 Å². The van der Waals surface area contributed by atoms with Crippen LogP contribution in [0.15, 0.2) is 18.2 Å². The number of carbonyl (C=O) groups is 1. The highest BCUT2D eigenvalue weighted by molar-refractivity contribution is 6.00. The zero-order chi connectivity index (χ0) is 13.8. The van der Waals surface area contributed by atoms with E-state index in [-0.39, 0.29) is 5.91 Å². The third-order valence-electron chi connectivity index (χ3n) is 3.85. The predicted molar refractivity (Wildman–Crippen MR) is 78.5 cm³/mol. The van der Waals surface area contributed by atoms with Crippen molar-refractivity contribution < 1.29 is 4.79 Å². The highest BCUT2D eigenvalue weighted by Gasteiger charge is 2.24. The van der Waals surface area contributed by atoms with Gasteiger partial charge in [0.05, 0.1) is 6.42 Å². The van der Waals surface area contributed by atoms with E-state index in [0.29, 0.717) is 12.5 Å². The van der Waals surface area contributed by atoms with E-state index in [9.17, 15) is 4.79 Å². The van der Waals surface area contributed by atoms with Crippen molar-refractivity contribution in [3.05, 3.63) is 29.3 Å². The summed E-state index contributed by atoms with van der Waals surface area (Å²) in [5.74, 6) is 0.184. The van der Waals surface area contributed by atoms with E-state index >= 15 is 0 Å². The number of hydrogen-bond acceptors (Lipinski definition) is 3. The van der Waals surface area contributed by atoms with Crippen LogP contribution in [0.1, 0.15) is 30.0 Å². The van der Waals surface area contributed by atoms with Crippen LogP contribution in [0.2, 0.25) is 0 Å². The normalized spacial score (nSPS) is 15.7. The molecule has 1 aliphatic heterocycles. The highest BCUT2D eigenvalue weighted by Crippen LogP contribution is 2.31. The summed E-state index contributed by atoms with van der Waals surface area (Å²) in [5.41, 5.74) is 3.48. The molecule has 1 aliphatic rings. The maximum absolute atomic E-state index is 11.7. The van der Waals surface area contributed by atoms with Crippen LogP contribution in [0, 0.1) is 0 Å². The molecule has 0 spiro atoms. The smallest absolute Gasteiger partial charge is 0.231 e. The largest absolute Gasteiger partial charge is 0.320 e. The topological polar surface area (TPSA) is 44.4 Å². The summed E-state index contributed by atoms with van der Waals surface area (Å²) in [6.07, 6.45) is 2.77. The number of nitrogens with zero attached hydrogens (tertiary/aromatic N) is 1. The summed E-state index contributed by atoms with van der Waals surface area (Å²) >= 11 is 0. The monoisotopic (exact) mass is 261 g/mol. The molecule has 1 atom stereocenters. The summed E-state index contributed by atoms with van der Waals surface area (Å²) in [4.78, 5) is 13.4. The maximum atomic E-state index is 11.7. The van der Waals surface area contributed by atoms with E-state index in [1.807, 2.05) is 21.1 Å². The number of hydrogen-bond donors (Lipinski definition) is 2. The van der Waals surface area contributed by atoms with Gasteiger partial charge in [-0.2, -0.15) is 0 Å². The molecule has 19 heavy (non-hydrogen) atoms. The fourth-order valence-electron chi connectivity index (χ4n) is 2.67. The zero-order valence-electron chi connectivity index (χ0n) is 12.0. The molecule has 0 fully saturated rings. The molecule has 0 bridgehead atoms. The van der Waals surface area contributed by atoms with Gasteiger partial charge < -0.3 is 15.5 Å². The lowest BCUT2D eigenvalue weighted by atomic mass is 9.99. The first-order valence-corrected chi connectivity index (χ1v) is 6.88. The second-order valence-corrected chi connectivity index (χ2v) is 5.10. The van der Waals surface area contributed by atoms with Crippen LogP contribution >= 0.6 is 0 Å². The van der Waals surface area contributed by atoms with Crippen molar-refractivity contribution in [2.24, 2.45) is 0 Å². The first-order valence-electron chi connectivity index (χ1n) is 6.88. The summed E-state index contributed by atoms with van der Waals surface area (Å²) in [5, 5.41) is 6.54. The fourth-order valence-corrected chi connectivity index (χ4v) is 2.67. The molecular formula is C15H23N3O. The number of benzene rings is 1. The van der Waals surface area contributed by atoms with Crippen molar-refractivity contribution in [1.29, 1.82) is 0 Å². The molecule has 2 N–H and O–H groups in total. The molecule has 104 valence electrons. The predicted octanol–water partition coefficient (Wildman–Crippen LogP) is 1.47. The Labute approximate surface area is 115 Å². The Kier molecular flexibility index (Phi) is 4.56. The number of likely N-dealkylation sites (N-methyl/N-ethyl adjacent to an activating group) is 1. The Morgan fingerprint density at radius 1 is 1.37 bits per heavy atom. The molecule has 4 heteroatoms. The highest BCUT2D eigenvalue weighted by atomic mass is 16.2. The minimum absolute atomic E-state index is 0.184. The van der Waals surface area contributed by atoms with E-state index in [4.69, 9.17) is 0 Å². The average Bonchev–Trinajstić information content (AvgIpc) is 2.70. The summed E-state index contributed by atoms with van der Waals surface area (Å²) in [6.45, 7) is 1.03. The molecule has 0 radical (unpaired) electrons. The zero-order valence-corrected chi connectivity index (χ0v) is 12.0. The summed E-state index contributed by atoms with van der Waals surface area (Å²) < 4.78 is 0. The first-order chi connectivity index (χ1) is 9.17. The van der Waals surface area contributed by atoms with E-state index in [1.54, 1.807) is 4.90 Å².